The van der Waals surface area contributed by atoms with Gasteiger partial charge in [-0.15, -0.1) is 0 Å². The Balaban J connectivity index is 1.54. The van der Waals surface area contributed by atoms with Crippen molar-refractivity contribution in [3.8, 4) is 11.5 Å². The number of methoxy groups -OCH3 is 1. The predicted molar refractivity (Wildman–Crippen MR) is 158 cm³/mol. The number of hydrogen-bond acceptors (Lipinski definition) is 4. The van der Waals surface area contributed by atoms with Crippen LogP contribution in [0.4, 0.5) is 0 Å². The molecular weight excluding hydrogens is 524 g/mol. The molecule has 0 heterocycles. The maximum absolute atomic E-state index is 13.7. The standard InChI is InChI=1S/C33H33ClN2O4/c1-39-28-18-16-25(17-19-28)20-21-35-33(38)30(22-26-10-4-2-5-11-26)36(23-27-12-6-3-7-13-27)32(37)24-40-31-15-9-8-14-29(31)34/h2-19,30H,20-24H2,1H3,(H,35,38)/t30-/m1/s1. The number of nitrogens with zero attached hydrogens (tertiary/aromatic N) is 1. The molecule has 1 N–H and O–H groups in total. The van der Waals surface area contributed by atoms with Crippen LogP contribution in [0.15, 0.2) is 109 Å². The van der Waals surface area contributed by atoms with Gasteiger partial charge in [0.25, 0.3) is 5.91 Å². The number of ether oxygens (including phenoxy) is 2. The predicted octanol–water partition coefficient (Wildman–Crippen LogP) is 5.73. The van der Waals surface area contributed by atoms with E-state index in [0.717, 1.165) is 22.4 Å². The van der Waals surface area contributed by atoms with Gasteiger partial charge in [0.2, 0.25) is 5.91 Å². The Labute approximate surface area is 240 Å². The van der Waals surface area contributed by atoms with Crippen molar-refractivity contribution in [1.29, 1.82) is 0 Å². The average molecular weight is 557 g/mol. The molecule has 7 heteroatoms. The molecule has 4 aromatic rings. The molecule has 0 saturated carbocycles. The van der Waals surface area contributed by atoms with Crippen molar-refractivity contribution in [3.05, 3.63) is 131 Å². The van der Waals surface area contributed by atoms with Gasteiger partial charge in [0, 0.05) is 19.5 Å². The fourth-order valence-electron chi connectivity index (χ4n) is 4.36. The lowest BCUT2D eigenvalue weighted by Gasteiger charge is -2.31. The summed E-state index contributed by atoms with van der Waals surface area (Å²) in [6.07, 6.45) is 1.01. The quantitative estimate of drug-likeness (QED) is 0.228. The monoisotopic (exact) mass is 556 g/mol. The number of para-hydroxylation sites is 1. The van der Waals surface area contributed by atoms with E-state index < -0.39 is 6.04 Å². The first-order valence-corrected chi connectivity index (χ1v) is 13.6. The van der Waals surface area contributed by atoms with Crippen LogP contribution in [0, 0.1) is 0 Å². The Kier molecular flexibility index (Phi) is 10.6. The van der Waals surface area contributed by atoms with Crippen molar-refractivity contribution in [1.82, 2.24) is 10.2 Å². The lowest BCUT2D eigenvalue weighted by molar-refractivity contribution is -0.142. The van der Waals surface area contributed by atoms with Gasteiger partial charge in [0.1, 0.15) is 17.5 Å². The van der Waals surface area contributed by atoms with Gasteiger partial charge in [-0.2, -0.15) is 0 Å². The Morgan fingerprint density at radius 3 is 2.08 bits per heavy atom. The van der Waals surface area contributed by atoms with Crippen LogP contribution in [0.5, 0.6) is 11.5 Å². The third kappa shape index (κ3) is 8.35. The van der Waals surface area contributed by atoms with Gasteiger partial charge in [0.05, 0.1) is 12.1 Å². The molecule has 0 aromatic heterocycles. The van der Waals surface area contributed by atoms with Crippen LogP contribution in [0.25, 0.3) is 0 Å². The first-order chi connectivity index (χ1) is 19.5. The molecule has 206 valence electrons. The molecule has 0 unspecified atom stereocenters. The molecule has 0 spiro atoms. The zero-order valence-electron chi connectivity index (χ0n) is 22.5. The van der Waals surface area contributed by atoms with Gasteiger partial charge in [-0.1, -0.05) is 96.5 Å². The summed E-state index contributed by atoms with van der Waals surface area (Å²) in [5.41, 5.74) is 2.94. The summed E-state index contributed by atoms with van der Waals surface area (Å²) in [4.78, 5) is 29.0. The smallest absolute Gasteiger partial charge is 0.261 e. The van der Waals surface area contributed by atoms with E-state index in [2.05, 4.69) is 5.32 Å². The highest BCUT2D eigenvalue weighted by molar-refractivity contribution is 6.32. The second-order valence-corrected chi connectivity index (χ2v) is 9.73. The number of nitrogens with one attached hydrogen (secondary N) is 1. The second kappa shape index (κ2) is 14.8. The van der Waals surface area contributed by atoms with Crippen molar-refractivity contribution < 1.29 is 19.1 Å². The molecule has 40 heavy (non-hydrogen) atoms. The first kappa shape index (κ1) is 28.7. The van der Waals surface area contributed by atoms with E-state index in [1.54, 1.807) is 36.3 Å². The van der Waals surface area contributed by atoms with Gasteiger partial charge >= 0.3 is 0 Å². The molecular formula is C33H33ClN2O4. The van der Waals surface area contributed by atoms with Crippen LogP contribution in [-0.4, -0.2) is 43.0 Å². The highest BCUT2D eigenvalue weighted by Crippen LogP contribution is 2.23. The lowest BCUT2D eigenvalue weighted by Crippen LogP contribution is -2.52. The molecule has 0 aliphatic heterocycles. The molecule has 6 nitrogen and oxygen atoms in total. The van der Waals surface area contributed by atoms with Crippen molar-refractivity contribution in [2.24, 2.45) is 0 Å². The summed E-state index contributed by atoms with van der Waals surface area (Å²) < 4.78 is 11.0. The summed E-state index contributed by atoms with van der Waals surface area (Å²) in [5.74, 6) is 0.667. The van der Waals surface area contributed by atoms with Crippen LogP contribution < -0.4 is 14.8 Å². The Hall–Kier alpha value is -4.29. The summed E-state index contributed by atoms with van der Waals surface area (Å²) in [6, 6.07) is 33.3. The third-order valence-corrected chi connectivity index (χ3v) is 6.84. The fourth-order valence-corrected chi connectivity index (χ4v) is 4.55. The lowest BCUT2D eigenvalue weighted by atomic mass is 10.0. The Morgan fingerprint density at radius 2 is 1.43 bits per heavy atom. The maximum Gasteiger partial charge on any atom is 0.261 e. The molecule has 0 radical (unpaired) electrons. The fraction of sp³-hybridized carbons (Fsp3) is 0.212. The van der Waals surface area contributed by atoms with Gasteiger partial charge in [-0.05, 0) is 47.4 Å². The highest BCUT2D eigenvalue weighted by atomic mass is 35.5. The van der Waals surface area contributed by atoms with E-state index in [1.165, 1.54) is 0 Å². The van der Waals surface area contributed by atoms with Crippen LogP contribution in [0.3, 0.4) is 0 Å². The number of halogens is 1. The van der Waals surface area contributed by atoms with Gasteiger partial charge < -0.3 is 19.7 Å². The van der Waals surface area contributed by atoms with E-state index >= 15 is 0 Å². The summed E-state index contributed by atoms with van der Waals surface area (Å²) >= 11 is 6.24. The topological polar surface area (TPSA) is 67.9 Å². The number of benzene rings is 4. The molecule has 0 fully saturated rings. The van der Waals surface area contributed by atoms with Crippen LogP contribution in [0.1, 0.15) is 16.7 Å². The Morgan fingerprint density at radius 1 is 0.800 bits per heavy atom. The second-order valence-electron chi connectivity index (χ2n) is 9.32. The first-order valence-electron chi connectivity index (χ1n) is 13.2. The van der Waals surface area contributed by atoms with Crippen molar-refractivity contribution in [2.45, 2.75) is 25.4 Å². The van der Waals surface area contributed by atoms with E-state index in [-0.39, 0.29) is 25.0 Å². The average Bonchev–Trinajstić information content (AvgIpc) is 2.99. The highest BCUT2D eigenvalue weighted by Gasteiger charge is 2.30. The zero-order valence-corrected chi connectivity index (χ0v) is 23.2. The minimum Gasteiger partial charge on any atom is -0.497 e. The van der Waals surface area contributed by atoms with Gasteiger partial charge in [-0.25, -0.2) is 0 Å². The number of carbonyl (C=O) groups excluding carboxylic acids is 2. The molecule has 4 aromatic carbocycles. The summed E-state index contributed by atoms with van der Waals surface area (Å²) in [6.45, 7) is 0.440. The van der Waals surface area contributed by atoms with Crippen molar-refractivity contribution in [2.75, 3.05) is 20.3 Å². The SMILES string of the molecule is COc1ccc(CCNC(=O)[C@@H](Cc2ccccc2)N(Cc2ccccc2)C(=O)COc2ccccc2Cl)cc1. The molecule has 2 amide bonds. The molecule has 0 bridgehead atoms. The van der Waals surface area contributed by atoms with Gasteiger partial charge in [0.15, 0.2) is 6.61 Å². The number of amides is 2. The summed E-state index contributed by atoms with van der Waals surface area (Å²) in [5, 5.41) is 3.48. The number of rotatable bonds is 13. The van der Waals surface area contributed by atoms with Crippen molar-refractivity contribution in [3.63, 3.8) is 0 Å². The number of hydrogen-bond donors (Lipinski definition) is 1. The molecule has 0 aliphatic carbocycles. The number of carbonyl (C=O) groups is 2. The third-order valence-electron chi connectivity index (χ3n) is 6.53. The minimum absolute atomic E-state index is 0.223. The maximum atomic E-state index is 13.7. The molecule has 4 rings (SSSR count). The van der Waals surface area contributed by atoms with E-state index in [4.69, 9.17) is 21.1 Å². The summed E-state index contributed by atoms with van der Waals surface area (Å²) in [7, 11) is 1.63. The van der Waals surface area contributed by atoms with E-state index in [9.17, 15) is 9.59 Å². The largest absolute Gasteiger partial charge is 0.497 e. The molecule has 0 aliphatic rings. The van der Waals surface area contributed by atoms with E-state index in [0.29, 0.717) is 30.2 Å². The van der Waals surface area contributed by atoms with Crippen LogP contribution in [-0.2, 0) is 29.0 Å². The zero-order chi connectivity index (χ0) is 28.2. The van der Waals surface area contributed by atoms with Crippen molar-refractivity contribution >= 4 is 23.4 Å². The van der Waals surface area contributed by atoms with Gasteiger partial charge in [-0.3, -0.25) is 9.59 Å². The minimum atomic E-state index is -0.749. The molecule has 1 atom stereocenters. The van der Waals surface area contributed by atoms with Crippen LogP contribution >= 0.6 is 11.6 Å². The van der Waals surface area contributed by atoms with E-state index in [1.807, 2.05) is 84.9 Å². The Bertz CT molecular complexity index is 1360. The normalized spacial score (nSPS) is 11.3. The molecule has 0 saturated heterocycles. The van der Waals surface area contributed by atoms with Crippen LogP contribution in [0.2, 0.25) is 5.02 Å².